The Hall–Kier alpha value is -0.540. The summed E-state index contributed by atoms with van der Waals surface area (Å²) in [5, 5.41) is 12.4. The molecule has 1 saturated heterocycles. The Morgan fingerprint density at radius 2 is 2.43 bits per heavy atom. The molecule has 1 aliphatic heterocycles. The van der Waals surface area contributed by atoms with E-state index in [1.54, 1.807) is 0 Å². The molecule has 2 N–H and O–H groups in total. The normalized spacial score (nSPS) is 39.2. The van der Waals surface area contributed by atoms with Crippen molar-refractivity contribution in [1.29, 1.82) is 0 Å². The first-order valence-electron chi connectivity index (χ1n) is 4.81. The zero-order chi connectivity index (χ0) is 10.3. The Kier molecular flexibility index (Phi) is 2.32. The van der Waals surface area contributed by atoms with Gasteiger partial charge in [-0.1, -0.05) is 12.2 Å². The van der Waals surface area contributed by atoms with Gasteiger partial charge in [-0.05, 0) is 25.2 Å². The van der Waals surface area contributed by atoms with Crippen molar-refractivity contribution in [2.75, 3.05) is 5.88 Å². The molecule has 3 nitrogen and oxygen atoms in total. The van der Waals surface area contributed by atoms with Crippen LogP contribution in [0, 0.1) is 5.92 Å². The Morgan fingerprint density at radius 3 is 2.86 bits per heavy atom. The predicted molar refractivity (Wildman–Crippen MR) is 54.5 cm³/mol. The van der Waals surface area contributed by atoms with E-state index < -0.39 is 11.5 Å². The summed E-state index contributed by atoms with van der Waals surface area (Å²) in [6, 6.07) is 0.425. The van der Waals surface area contributed by atoms with E-state index in [1.807, 2.05) is 0 Å². The van der Waals surface area contributed by atoms with Crippen LogP contribution in [-0.4, -0.2) is 28.5 Å². The molecular formula is C10H14ClNO2. The lowest BCUT2D eigenvalue weighted by Gasteiger charge is -2.27. The van der Waals surface area contributed by atoms with Crippen LogP contribution in [0.25, 0.3) is 0 Å². The van der Waals surface area contributed by atoms with Gasteiger partial charge < -0.3 is 5.11 Å². The van der Waals surface area contributed by atoms with Crippen molar-refractivity contribution in [2.24, 2.45) is 5.92 Å². The summed E-state index contributed by atoms with van der Waals surface area (Å²) in [5.74, 6) is 0.136. The lowest BCUT2D eigenvalue weighted by molar-refractivity contribution is -0.144. The van der Waals surface area contributed by atoms with Gasteiger partial charge in [0.2, 0.25) is 0 Å². The third-order valence-corrected chi connectivity index (χ3v) is 3.52. The SMILES string of the molecule is C=C(CCl)CC1(C(=O)O)C[C@@H]2C[C@@H]2N1. The van der Waals surface area contributed by atoms with Gasteiger partial charge in [0.1, 0.15) is 5.54 Å². The fraction of sp³-hybridized carbons (Fsp3) is 0.700. The van der Waals surface area contributed by atoms with Crippen molar-refractivity contribution >= 4 is 17.6 Å². The molecule has 0 aromatic rings. The van der Waals surface area contributed by atoms with E-state index in [1.165, 1.54) is 0 Å². The highest BCUT2D eigenvalue weighted by molar-refractivity contribution is 6.19. The number of hydrogen-bond acceptors (Lipinski definition) is 2. The number of hydrogen-bond donors (Lipinski definition) is 2. The van der Waals surface area contributed by atoms with Gasteiger partial charge in [-0.2, -0.15) is 0 Å². The van der Waals surface area contributed by atoms with E-state index in [0.717, 1.165) is 18.4 Å². The summed E-state index contributed by atoms with van der Waals surface area (Å²) in [7, 11) is 0. The van der Waals surface area contributed by atoms with Gasteiger partial charge in [0.05, 0.1) is 0 Å². The molecule has 0 bridgehead atoms. The van der Waals surface area contributed by atoms with Crippen molar-refractivity contribution in [1.82, 2.24) is 5.32 Å². The second-order valence-electron chi connectivity index (χ2n) is 4.40. The maximum Gasteiger partial charge on any atom is 0.324 e. The second kappa shape index (κ2) is 3.24. The first-order valence-corrected chi connectivity index (χ1v) is 5.34. The number of carbonyl (C=O) groups is 1. The fourth-order valence-electron chi connectivity index (χ4n) is 2.33. The van der Waals surface area contributed by atoms with Gasteiger partial charge in [-0.3, -0.25) is 10.1 Å². The summed E-state index contributed by atoms with van der Waals surface area (Å²) in [4.78, 5) is 11.2. The monoisotopic (exact) mass is 215 g/mol. The van der Waals surface area contributed by atoms with Crippen LogP contribution in [-0.2, 0) is 4.79 Å². The summed E-state index contributed by atoms with van der Waals surface area (Å²) < 4.78 is 0. The smallest absolute Gasteiger partial charge is 0.324 e. The van der Waals surface area contributed by atoms with Crippen LogP contribution < -0.4 is 5.32 Å². The van der Waals surface area contributed by atoms with Crippen LogP contribution in [0.15, 0.2) is 12.2 Å². The van der Waals surface area contributed by atoms with Gasteiger partial charge >= 0.3 is 5.97 Å². The first-order chi connectivity index (χ1) is 6.57. The Bertz CT molecular complexity index is 280. The van der Waals surface area contributed by atoms with Crippen LogP contribution in [0.4, 0.5) is 0 Å². The first kappa shape index (κ1) is 9.99. The van der Waals surface area contributed by atoms with Gasteiger partial charge in [-0.25, -0.2) is 0 Å². The molecule has 14 heavy (non-hydrogen) atoms. The van der Waals surface area contributed by atoms with Gasteiger partial charge in [0.15, 0.2) is 0 Å². The molecule has 0 amide bonds. The van der Waals surface area contributed by atoms with E-state index in [2.05, 4.69) is 11.9 Å². The zero-order valence-electron chi connectivity index (χ0n) is 7.92. The van der Waals surface area contributed by atoms with Crippen molar-refractivity contribution in [2.45, 2.75) is 30.8 Å². The highest BCUT2D eigenvalue weighted by Gasteiger charge is 2.57. The lowest BCUT2D eigenvalue weighted by atomic mass is 9.88. The zero-order valence-corrected chi connectivity index (χ0v) is 8.68. The lowest BCUT2D eigenvalue weighted by Crippen LogP contribution is -2.50. The molecule has 2 fully saturated rings. The molecule has 0 spiro atoms. The number of alkyl halides is 1. The van der Waals surface area contributed by atoms with E-state index >= 15 is 0 Å². The summed E-state index contributed by atoms with van der Waals surface area (Å²) >= 11 is 5.62. The number of carboxylic acids is 1. The maximum absolute atomic E-state index is 11.2. The number of rotatable bonds is 4. The quantitative estimate of drug-likeness (QED) is 0.550. The number of halogens is 1. The number of aliphatic carboxylic acids is 1. The van der Waals surface area contributed by atoms with Crippen molar-refractivity contribution in [3.8, 4) is 0 Å². The van der Waals surface area contributed by atoms with Crippen LogP contribution >= 0.6 is 11.6 Å². The fourth-order valence-corrected chi connectivity index (χ4v) is 2.43. The minimum absolute atomic E-state index is 0.339. The maximum atomic E-state index is 11.2. The molecule has 0 radical (unpaired) electrons. The third-order valence-electron chi connectivity index (χ3n) is 3.15. The summed E-state index contributed by atoms with van der Waals surface area (Å²) in [6.07, 6.45) is 2.31. The standard InChI is InChI=1S/C10H14ClNO2/c1-6(5-11)3-10(9(13)14)4-7-2-8(7)12-10/h7-8,12H,1-5H2,(H,13,14)/t7-,8-,10?/m0/s1. The molecule has 1 heterocycles. The molecule has 4 heteroatoms. The second-order valence-corrected chi connectivity index (χ2v) is 4.67. The van der Waals surface area contributed by atoms with Crippen molar-refractivity contribution in [3.05, 3.63) is 12.2 Å². The number of piperidine rings is 1. The topological polar surface area (TPSA) is 49.3 Å². The number of nitrogens with one attached hydrogen (secondary N) is 1. The predicted octanol–water partition coefficient (Wildman–Crippen LogP) is 1.38. The number of carboxylic acid groups (broad SMARTS) is 1. The van der Waals surface area contributed by atoms with Gasteiger partial charge in [0.25, 0.3) is 0 Å². The van der Waals surface area contributed by atoms with Crippen LogP contribution in [0.2, 0.25) is 0 Å². The molecule has 78 valence electrons. The molecule has 3 atom stereocenters. The third kappa shape index (κ3) is 1.55. The Labute approximate surface area is 88.1 Å². The molecule has 1 aliphatic carbocycles. The average Bonchev–Trinajstić information content (AvgIpc) is 2.74. The molecule has 0 aromatic carbocycles. The largest absolute Gasteiger partial charge is 0.480 e. The van der Waals surface area contributed by atoms with Crippen molar-refractivity contribution in [3.63, 3.8) is 0 Å². The Balaban J connectivity index is 2.07. The Morgan fingerprint density at radius 1 is 1.71 bits per heavy atom. The minimum Gasteiger partial charge on any atom is -0.480 e. The molecule has 1 saturated carbocycles. The summed E-state index contributed by atoms with van der Waals surface area (Å²) in [5.41, 5.74) is 0.0161. The molecule has 1 unspecified atom stereocenters. The molecular weight excluding hydrogens is 202 g/mol. The highest BCUT2D eigenvalue weighted by atomic mass is 35.5. The molecule has 2 aliphatic rings. The van der Waals surface area contributed by atoms with Gasteiger partial charge in [0, 0.05) is 11.9 Å². The minimum atomic E-state index is -0.778. The average molecular weight is 216 g/mol. The van der Waals surface area contributed by atoms with Crippen molar-refractivity contribution < 1.29 is 9.90 Å². The number of fused-ring (bicyclic) bond motifs is 1. The van der Waals surface area contributed by atoms with E-state index in [0.29, 0.717) is 24.3 Å². The highest BCUT2D eigenvalue weighted by Crippen LogP contribution is 2.47. The summed E-state index contributed by atoms with van der Waals surface area (Å²) in [6.45, 7) is 3.77. The van der Waals surface area contributed by atoms with Gasteiger partial charge in [-0.15, -0.1) is 11.6 Å². The van der Waals surface area contributed by atoms with Crippen LogP contribution in [0.1, 0.15) is 19.3 Å². The van der Waals surface area contributed by atoms with E-state index in [-0.39, 0.29) is 0 Å². The van der Waals surface area contributed by atoms with Crippen LogP contribution in [0.3, 0.4) is 0 Å². The molecule has 2 rings (SSSR count). The molecule has 0 aromatic heterocycles. The van der Waals surface area contributed by atoms with E-state index in [9.17, 15) is 9.90 Å². The van der Waals surface area contributed by atoms with Crippen LogP contribution in [0.5, 0.6) is 0 Å². The van der Waals surface area contributed by atoms with E-state index in [4.69, 9.17) is 11.6 Å².